The smallest absolute Gasteiger partial charge is 0.225 e. The highest BCUT2D eigenvalue weighted by Crippen LogP contribution is 2.17. The van der Waals surface area contributed by atoms with Gasteiger partial charge in [-0.15, -0.1) is 0 Å². The molecule has 1 rings (SSSR count). The zero-order valence-electron chi connectivity index (χ0n) is 10.4. The molecule has 1 saturated heterocycles. The first kappa shape index (κ1) is 14.0. The Labute approximate surface area is 102 Å². The number of aliphatic hydroxyl groups excluding tert-OH is 1. The summed E-state index contributed by atoms with van der Waals surface area (Å²) in [4.78, 5) is 24.9. The summed E-state index contributed by atoms with van der Waals surface area (Å²) in [6.07, 6.45) is 2.92. The molecule has 0 saturated carbocycles. The molecule has 17 heavy (non-hydrogen) atoms. The summed E-state index contributed by atoms with van der Waals surface area (Å²) in [6.45, 7) is 4.00. The quantitative estimate of drug-likeness (QED) is 0.624. The van der Waals surface area contributed by atoms with Gasteiger partial charge in [-0.05, 0) is 26.2 Å². The Hall–Kier alpha value is -1.10. The van der Waals surface area contributed by atoms with E-state index in [1.807, 2.05) is 6.92 Å². The first-order valence-corrected chi connectivity index (χ1v) is 6.35. The maximum Gasteiger partial charge on any atom is 0.225 e. The Kier molecular flexibility index (Phi) is 5.97. The Morgan fingerprint density at radius 3 is 2.82 bits per heavy atom. The summed E-state index contributed by atoms with van der Waals surface area (Å²) < 4.78 is 0. The van der Waals surface area contributed by atoms with Gasteiger partial charge in [0.15, 0.2) is 0 Å². The molecule has 2 amide bonds. The van der Waals surface area contributed by atoms with E-state index in [2.05, 4.69) is 5.32 Å². The van der Waals surface area contributed by atoms with E-state index in [1.165, 1.54) is 0 Å². The number of carbonyl (C=O) groups is 2. The molecule has 1 aliphatic heterocycles. The van der Waals surface area contributed by atoms with Crippen molar-refractivity contribution in [2.75, 3.05) is 26.2 Å². The molecule has 1 atom stereocenters. The molecule has 2 N–H and O–H groups in total. The minimum absolute atomic E-state index is 0.0155. The maximum absolute atomic E-state index is 11.7. The van der Waals surface area contributed by atoms with Crippen LogP contribution in [0.5, 0.6) is 0 Å². The first-order chi connectivity index (χ1) is 8.19. The maximum atomic E-state index is 11.7. The van der Waals surface area contributed by atoms with Crippen molar-refractivity contribution in [1.82, 2.24) is 10.2 Å². The van der Waals surface area contributed by atoms with E-state index in [0.29, 0.717) is 26.1 Å². The van der Waals surface area contributed by atoms with Crippen LogP contribution >= 0.6 is 0 Å². The normalized spacial score (nSPS) is 19.8. The van der Waals surface area contributed by atoms with Gasteiger partial charge in [-0.1, -0.05) is 0 Å². The zero-order chi connectivity index (χ0) is 12.7. The summed E-state index contributed by atoms with van der Waals surface area (Å²) in [5, 5.41) is 11.5. The van der Waals surface area contributed by atoms with Crippen molar-refractivity contribution < 1.29 is 14.7 Å². The standard InChI is InChI=1S/C12H22N2O3/c1-2-14-9-10(8-11(14)16)12(17)13-6-4-3-5-7-15/h10,15H,2-9H2,1H3,(H,13,17). The molecule has 1 fully saturated rings. The van der Waals surface area contributed by atoms with Crippen molar-refractivity contribution in [2.45, 2.75) is 32.6 Å². The third-order valence-corrected chi connectivity index (χ3v) is 3.10. The Balaban J connectivity index is 2.18. The summed E-state index contributed by atoms with van der Waals surface area (Å²) >= 11 is 0. The van der Waals surface area contributed by atoms with E-state index < -0.39 is 0 Å². The highest BCUT2D eigenvalue weighted by Gasteiger charge is 2.32. The van der Waals surface area contributed by atoms with Gasteiger partial charge in [0, 0.05) is 32.7 Å². The average Bonchev–Trinajstić information content (AvgIpc) is 2.70. The molecule has 0 aromatic carbocycles. The topological polar surface area (TPSA) is 69.6 Å². The second-order valence-corrected chi connectivity index (χ2v) is 4.41. The molecule has 0 aliphatic carbocycles. The number of amides is 2. The van der Waals surface area contributed by atoms with Crippen LogP contribution in [0.2, 0.25) is 0 Å². The molecule has 5 heteroatoms. The van der Waals surface area contributed by atoms with Crippen LogP contribution in [-0.2, 0) is 9.59 Å². The molecular formula is C12H22N2O3. The van der Waals surface area contributed by atoms with Crippen LogP contribution < -0.4 is 5.32 Å². The molecule has 1 aliphatic rings. The fourth-order valence-electron chi connectivity index (χ4n) is 2.02. The van der Waals surface area contributed by atoms with Crippen LogP contribution in [0.15, 0.2) is 0 Å². The molecule has 98 valence electrons. The van der Waals surface area contributed by atoms with E-state index in [0.717, 1.165) is 19.3 Å². The average molecular weight is 242 g/mol. The van der Waals surface area contributed by atoms with Crippen molar-refractivity contribution in [2.24, 2.45) is 5.92 Å². The van der Waals surface area contributed by atoms with Gasteiger partial charge in [-0.2, -0.15) is 0 Å². The van der Waals surface area contributed by atoms with Gasteiger partial charge < -0.3 is 15.3 Å². The van der Waals surface area contributed by atoms with Crippen LogP contribution in [0.3, 0.4) is 0 Å². The van der Waals surface area contributed by atoms with Gasteiger partial charge in [0.1, 0.15) is 0 Å². The SMILES string of the molecule is CCN1CC(C(=O)NCCCCCO)CC1=O. The number of nitrogens with zero attached hydrogens (tertiary/aromatic N) is 1. The largest absolute Gasteiger partial charge is 0.396 e. The fourth-order valence-corrected chi connectivity index (χ4v) is 2.02. The van der Waals surface area contributed by atoms with Gasteiger partial charge in [0.05, 0.1) is 5.92 Å². The van der Waals surface area contributed by atoms with Crippen molar-refractivity contribution >= 4 is 11.8 Å². The number of rotatable bonds is 7. The molecule has 1 heterocycles. The van der Waals surface area contributed by atoms with Crippen LogP contribution in [0.1, 0.15) is 32.6 Å². The molecule has 5 nitrogen and oxygen atoms in total. The summed E-state index contributed by atoms with van der Waals surface area (Å²) in [5.41, 5.74) is 0. The lowest BCUT2D eigenvalue weighted by Crippen LogP contribution is -2.33. The van der Waals surface area contributed by atoms with Crippen molar-refractivity contribution in [1.29, 1.82) is 0 Å². The predicted molar refractivity (Wildman–Crippen MR) is 64.3 cm³/mol. The Bertz CT molecular complexity index is 268. The lowest BCUT2D eigenvalue weighted by atomic mass is 10.1. The zero-order valence-corrected chi connectivity index (χ0v) is 10.4. The summed E-state index contributed by atoms with van der Waals surface area (Å²) in [5.74, 6) is -0.119. The monoisotopic (exact) mass is 242 g/mol. The van der Waals surface area contributed by atoms with Crippen LogP contribution in [-0.4, -0.2) is 48.1 Å². The number of unbranched alkanes of at least 4 members (excludes halogenated alkanes) is 2. The number of hydrogen-bond donors (Lipinski definition) is 2. The first-order valence-electron chi connectivity index (χ1n) is 6.35. The van der Waals surface area contributed by atoms with Gasteiger partial charge in [-0.3, -0.25) is 9.59 Å². The second kappa shape index (κ2) is 7.27. The second-order valence-electron chi connectivity index (χ2n) is 4.41. The van der Waals surface area contributed by atoms with E-state index >= 15 is 0 Å². The van der Waals surface area contributed by atoms with Crippen LogP contribution in [0.4, 0.5) is 0 Å². The molecule has 0 aromatic heterocycles. The third-order valence-electron chi connectivity index (χ3n) is 3.10. The summed E-state index contributed by atoms with van der Waals surface area (Å²) in [6, 6.07) is 0. The van der Waals surface area contributed by atoms with Crippen molar-refractivity contribution in [3.63, 3.8) is 0 Å². The lowest BCUT2D eigenvalue weighted by Gasteiger charge is -2.13. The van der Waals surface area contributed by atoms with E-state index in [-0.39, 0.29) is 24.3 Å². The van der Waals surface area contributed by atoms with Gasteiger partial charge in [-0.25, -0.2) is 0 Å². The van der Waals surface area contributed by atoms with Crippen molar-refractivity contribution in [3.8, 4) is 0 Å². The minimum atomic E-state index is -0.180. The van der Waals surface area contributed by atoms with E-state index in [1.54, 1.807) is 4.90 Å². The molecule has 0 bridgehead atoms. The number of likely N-dealkylation sites (tertiary alicyclic amines) is 1. The number of hydrogen-bond acceptors (Lipinski definition) is 3. The van der Waals surface area contributed by atoms with Crippen LogP contribution in [0, 0.1) is 5.92 Å². The molecule has 0 spiro atoms. The molecule has 0 aromatic rings. The number of aliphatic hydroxyl groups is 1. The lowest BCUT2D eigenvalue weighted by molar-refractivity contribution is -0.128. The molecule has 0 radical (unpaired) electrons. The van der Waals surface area contributed by atoms with E-state index in [9.17, 15) is 9.59 Å². The van der Waals surface area contributed by atoms with Crippen LogP contribution in [0.25, 0.3) is 0 Å². The third kappa shape index (κ3) is 4.34. The van der Waals surface area contributed by atoms with Gasteiger partial charge >= 0.3 is 0 Å². The highest BCUT2D eigenvalue weighted by atomic mass is 16.3. The molecular weight excluding hydrogens is 220 g/mol. The van der Waals surface area contributed by atoms with E-state index in [4.69, 9.17) is 5.11 Å². The molecule has 1 unspecified atom stereocenters. The van der Waals surface area contributed by atoms with Gasteiger partial charge in [0.2, 0.25) is 11.8 Å². The fraction of sp³-hybridized carbons (Fsp3) is 0.833. The minimum Gasteiger partial charge on any atom is -0.396 e. The van der Waals surface area contributed by atoms with Gasteiger partial charge in [0.25, 0.3) is 0 Å². The number of carbonyl (C=O) groups excluding carboxylic acids is 2. The number of nitrogens with one attached hydrogen (secondary N) is 1. The Morgan fingerprint density at radius 1 is 1.47 bits per heavy atom. The summed E-state index contributed by atoms with van der Waals surface area (Å²) in [7, 11) is 0. The predicted octanol–water partition coefficient (Wildman–Crippen LogP) is 0.134. The Morgan fingerprint density at radius 2 is 2.24 bits per heavy atom. The highest BCUT2D eigenvalue weighted by molar-refractivity contribution is 5.89. The van der Waals surface area contributed by atoms with Crippen molar-refractivity contribution in [3.05, 3.63) is 0 Å².